The molecule has 2 nitrogen and oxygen atoms in total. The van der Waals surface area contributed by atoms with E-state index in [-0.39, 0.29) is 0 Å². The zero-order valence-corrected chi connectivity index (χ0v) is 18.1. The summed E-state index contributed by atoms with van der Waals surface area (Å²) >= 11 is 0. The van der Waals surface area contributed by atoms with E-state index in [0.717, 1.165) is 36.5 Å². The molecule has 0 saturated heterocycles. The molecule has 1 aliphatic rings. The highest BCUT2D eigenvalue weighted by molar-refractivity contribution is 5.98. The van der Waals surface area contributed by atoms with Crippen LogP contribution in [0.25, 0.3) is 16.5 Å². The Labute approximate surface area is 170 Å². The molecule has 1 aromatic heterocycles. The zero-order valence-electron chi connectivity index (χ0n) is 18.1. The zero-order chi connectivity index (χ0) is 20.3. The Kier molecular flexibility index (Phi) is 6.59. The van der Waals surface area contributed by atoms with Crippen molar-refractivity contribution < 1.29 is 4.79 Å². The molecular weight excluding hydrogens is 342 g/mol. The van der Waals surface area contributed by atoms with E-state index in [1.807, 2.05) is 0 Å². The standard InChI is InChI=1S/C26H35NO/c1-6-18(4)9-13-23(21-11-12-21)22(8-3)26-19(5)27(15-16-28)25-14-10-20(7-2)17-24(25)26/h8,10,14,16-18,21H,3,6-7,9,11-13,15H2,1-2,4-5H3/b23-22-. The summed E-state index contributed by atoms with van der Waals surface area (Å²) < 4.78 is 2.17. The van der Waals surface area contributed by atoms with E-state index >= 15 is 0 Å². The average Bonchev–Trinajstić information content (AvgIpc) is 3.52. The highest BCUT2D eigenvalue weighted by Gasteiger charge is 2.29. The van der Waals surface area contributed by atoms with E-state index in [0.29, 0.717) is 6.54 Å². The van der Waals surface area contributed by atoms with Crippen LogP contribution in [0.3, 0.4) is 0 Å². The number of aromatic nitrogens is 1. The smallest absolute Gasteiger partial charge is 0.139 e. The summed E-state index contributed by atoms with van der Waals surface area (Å²) in [6.45, 7) is 13.6. The summed E-state index contributed by atoms with van der Waals surface area (Å²) in [5.41, 5.74) is 7.90. The maximum absolute atomic E-state index is 11.4. The molecule has 0 N–H and O–H groups in total. The van der Waals surface area contributed by atoms with Gasteiger partial charge in [0.15, 0.2) is 0 Å². The van der Waals surface area contributed by atoms with Crippen LogP contribution in [0, 0.1) is 18.8 Å². The summed E-state index contributed by atoms with van der Waals surface area (Å²) in [6.07, 6.45) is 10.4. The van der Waals surface area contributed by atoms with Gasteiger partial charge in [0.05, 0.1) is 6.54 Å². The van der Waals surface area contributed by atoms with E-state index in [1.54, 1.807) is 5.57 Å². The number of carbonyl (C=O) groups excluding carboxylic acids is 1. The number of allylic oxidation sites excluding steroid dienone is 3. The topological polar surface area (TPSA) is 22.0 Å². The third-order valence-electron chi connectivity index (χ3n) is 6.55. The molecule has 0 amide bonds. The maximum atomic E-state index is 11.4. The van der Waals surface area contributed by atoms with Crippen LogP contribution in [0.4, 0.5) is 0 Å². The van der Waals surface area contributed by atoms with Crippen molar-refractivity contribution in [1.82, 2.24) is 4.57 Å². The molecule has 0 aliphatic heterocycles. The summed E-state index contributed by atoms with van der Waals surface area (Å²) in [6, 6.07) is 6.70. The molecule has 3 rings (SSSR count). The van der Waals surface area contributed by atoms with Crippen LogP contribution >= 0.6 is 0 Å². The van der Waals surface area contributed by atoms with Gasteiger partial charge >= 0.3 is 0 Å². The van der Waals surface area contributed by atoms with Gasteiger partial charge in [-0.15, -0.1) is 0 Å². The van der Waals surface area contributed by atoms with Crippen LogP contribution in [0.1, 0.15) is 69.7 Å². The molecule has 1 saturated carbocycles. The van der Waals surface area contributed by atoms with Gasteiger partial charge in [-0.3, -0.25) is 0 Å². The van der Waals surface area contributed by atoms with Gasteiger partial charge in [-0.05, 0) is 74.1 Å². The van der Waals surface area contributed by atoms with E-state index < -0.39 is 0 Å². The fraction of sp³-hybridized carbons (Fsp3) is 0.500. The van der Waals surface area contributed by atoms with Crippen LogP contribution in [0.15, 0.2) is 36.4 Å². The first-order valence-electron chi connectivity index (χ1n) is 11.0. The molecule has 1 atom stereocenters. The van der Waals surface area contributed by atoms with Gasteiger partial charge in [0, 0.05) is 22.2 Å². The van der Waals surface area contributed by atoms with Crippen molar-refractivity contribution in [3.63, 3.8) is 0 Å². The van der Waals surface area contributed by atoms with Crippen LogP contribution < -0.4 is 0 Å². The lowest BCUT2D eigenvalue weighted by Gasteiger charge is -2.16. The SMILES string of the molecule is C=C/C(=C(\CCC(C)CC)C1CC1)c1c(C)n(CC=O)c2ccc(CC)cc12. The lowest BCUT2D eigenvalue weighted by molar-refractivity contribution is -0.108. The number of fused-ring (bicyclic) bond motifs is 1. The first-order valence-corrected chi connectivity index (χ1v) is 11.0. The van der Waals surface area contributed by atoms with Gasteiger partial charge in [0.1, 0.15) is 6.29 Å². The van der Waals surface area contributed by atoms with E-state index in [2.05, 4.69) is 63.1 Å². The molecule has 1 unspecified atom stereocenters. The van der Waals surface area contributed by atoms with Gasteiger partial charge in [-0.1, -0.05) is 51.5 Å². The van der Waals surface area contributed by atoms with Crippen molar-refractivity contribution in [1.29, 1.82) is 0 Å². The average molecular weight is 378 g/mol. The molecule has 1 aliphatic carbocycles. The Morgan fingerprint density at radius 2 is 2.07 bits per heavy atom. The minimum absolute atomic E-state index is 0.407. The highest BCUT2D eigenvalue weighted by atomic mass is 16.1. The van der Waals surface area contributed by atoms with Crippen LogP contribution in [0.2, 0.25) is 0 Å². The highest BCUT2D eigenvalue weighted by Crippen LogP contribution is 2.45. The number of rotatable bonds is 10. The Morgan fingerprint density at radius 1 is 1.32 bits per heavy atom. The van der Waals surface area contributed by atoms with Crippen molar-refractivity contribution in [3.05, 3.63) is 53.2 Å². The Morgan fingerprint density at radius 3 is 2.64 bits per heavy atom. The van der Waals surface area contributed by atoms with Gasteiger partial charge in [-0.2, -0.15) is 0 Å². The second kappa shape index (κ2) is 8.94. The van der Waals surface area contributed by atoms with E-state index in [4.69, 9.17) is 0 Å². The number of aldehydes is 1. The predicted octanol–water partition coefficient (Wildman–Crippen LogP) is 6.89. The first-order chi connectivity index (χ1) is 13.5. The largest absolute Gasteiger partial charge is 0.337 e. The fourth-order valence-corrected chi connectivity index (χ4v) is 4.39. The van der Waals surface area contributed by atoms with Crippen LogP contribution in [0.5, 0.6) is 0 Å². The van der Waals surface area contributed by atoms with Gasteiger partial charge in [0.2, 0.25) is 0 Å². The molecule has 150 valence electrons. The van der Waals surface area contributed by atoms with Gasteiger partial charge in [-0.25, -0.2) is 0 Å². The van der Waals surface area contributed by atoms with Crippen molar-refractivity contribution in [2.24, 2.45) is 11.8 Å². The Bertz CT molecular complexity index is 895. The van der Waals surface area contributed by atoms with Crippen LogP contribution in [-0.2, 0) is 17.8 Å². The van der Waals surface area contributed by atoms with E-state index in [9.17, 15) is 4.79 Å². The molecule has 2 aromatic rings. The molecule has 0 radical (unpaired) electrons. The van der Waals surface area contributed by atoms with Crippen molar-refractivity contribution in [2.75, 3.05) is 0 Å². The van der Waals surface area contributed by atoms with E-state index in [1.165, 1.54) is 53.5 Å². The summed E-state index contributed by atoms with van der Waals surface area (Å²) in [5, 5.41) is 1.27. The molecule has 1 heterocycles. The molecule has 2 heteroatoms. The molecule has 1 fully saturated rings. The summed E-state index contributed by atoms with van der Waals surface area (Å²) in [7, 11) is 0. The van der Waals surface area contributed by atoms with Crippen molar-refractivity contribution in [3.8, 4) is 0 Å². The fourth-order valence-electron chi connectivity index (χ4n) is 4.39. The minimum Gasteiger partial charge on any atom is -0.337 e. The summed E-state index contributed by atoms with van der Waals surface area (Å²) in [5.74, 6) is 1.47. The normalized spacial score (nSPS) is 16.1. The Hall–Kier alpha value is -2.09. The van der Waals surface area contributed by atoms with Gasteiger partial charge in [0.25, 0.3) is 0 Å². The Balaban J connectivity index is 2.21. The molecule has 1 aromatic carbocycles. The molecule has 0 spiro atoms. The molecule has 28 heavy (non-hydrogen) atoms. The maximum Gasteiger partial charge on any atom is 0.139 e. The lowest BCUT2D eigenvalue weighted by atomic mass is 9.89. The van der Waals surface area contributed by atoms with Crippen molar-refractivity contribution >= 4 is 22.8 Å². The second-order valence-corrected chi connectivity index (χ2v) is 8.41. The number of benzene rings is 1. The number of aryl methyl sites for hydroxylation is 1. The number of carbonyl (C=O) groups is 1. The summed E-state index contributed by atoms with van der Waals surface area (Å²) in [4.78, 5) is 11.4. The molecular formula is C26H35NO. The number of hydrogen-bond acceptors (Lipinski definition) is 1. The molecule has 0 bridgehead atoms. The number of nitrogens with zero attached hydrogens (tertiary/aromatic N) is 1. The number of hydrogen-bond donors (Lipinski definition) is 0. The lowest BCUT2D eigenvalue weighted by Crippen LogP contribution is -2.02. The third kappa shape index (κ3) is 4.01. The minimum atomic E-state index is 0.407. The monoisotopic (exact) mass is 377 g/mol. The quantitative estimate of drug-likeness (QED) is 0.326. The van der Waals surface area contributed by atoms with Crippen molar-refractivity contribution in [2.45, 2.75) is 72.8 Å². The second-order valence-electron chi connectivity index (χ2n) is 8.41. The van der Waals surface area contributed by atoms with Gasteiger partial charge < -0.3 is 9.36 Å². The third-order valence-corrected chi connectivity index (χ3v) is 6.55. The van der Waals surface area contributed by atoms with Crippen LogP contribution in [-0.4, -0.2) is 10.9 Å². The predicted molar refractivity (Wildman–Crippen MR) is 121 cm³/mol. The first kappa shape index (κ1) is 20.6.